The number of hydrogen-bond donors (Lipinski definition) is 1. The van der Waals surface area contributed by atoms with E-state index in [9.17, 15) is 10.1 Å². The van der Waals surface area contributed by atoms with Crippen LogP contribution in [0.15, 0.2) is 18.3 Å². The molecule has 7 nitrogen and oxygen atoms in total. The molecule has 0 saturated carbocycles. The number of anilines is 1. The van der Waals surface area contributed by atoms with Crippen LogP contribution >= 0.6 is 0 Å². The Labute approximate surface area is 110 Å². The molecule has 0 saturated heterocycles. The molecule has 0 radical (unpaired) electrons. The van der Waals surface area contributed by atoms with Gasteiger partial charge in [0.2, 0.25) is 5.65 Å². The van der Waals surface area contributed by atoms with Crippen molar-refractivity contribution in [1.29, 1.82) is 0 Å². The summed E-state index contributed by atoms with van der Waals surface area (Å²) in [5.41, 5.74) is 0.472. The highest BCUT2D eigenvalue weighted by Gasteiger charge is 2.15. The fourth-order valence-electron chi connectivity index (χ4n) is 1.81. The lowest BCUT2D eigenvalue weighted by Gasteiger charge is -2.06. The van der Waals surface area contributed by atoms with Crippen molar-refractivity contribution in [3.8, 4) is 0 Å². The highest BCUT2D eigenvalue weighted by molar-refractivity contribution is 5.48. The predicted octanol–water partition coefficient (Wildman–Crippen LogP) is 2.49. The van der Waals surface area contributed by atoms with Gasteiger partial charge in [-0.15, -0.1) is 0 Å². The molecular formula is C12H17N5O2. The van der Waals surface area contributed by atoms with E-state index in [0.717, 1.165) is 19.4 Å². The predicted molar refractivity (Wildman–Crippen MR) is 72.2 cm³/mol. The molecule has 2 heterocycles. The van der Waals surface area contributed by atoms with E-state index in [4.69, 9.17) is 0 Å². The van der Waals surface area contributed by atoms with Gasteiger partial charge in [0, 0.05) is 12.6 Å². The summed E-state index contributed by atoms with van der Waals surface area (Å²) in [6.07, 6.45) is 3.40. The second-order valence-electron chi connectivity index (χ2n) is 4.82. The molecule has 0 bridgehead atoms. The van der Waals surface area contributed by atoms with Crippen LogP contribution in [-0.4, -0.2) is 26.1 Å². The van der Waals surface area contributed by atoms with E-state index in [-0.39, 0.29) is 5.82 Å². The fourth-order valence-corrected chi connectivity index (χ4v) is 1.81. The third-order valence-corrected chi connectivity index (χ3v) is 2.80. The number of imidazole rings is 1. The minimum Gasteiger partial charge on any atom is -0.367 e. The van der Waals surface area contributed by atoms with Gasteiger partial charge in [0.1, 0.15) is 6.20 Å². The van der Waals surface area contributed by atoms with Gasteiger partial charge in [-0.1, -0.05) is 23.5 Å². The monoisotopic (exact) mass is 263 g/mol. The normalized spacial score (nSPS) is 11.1. The Balaban J connectivity index is 2.08. The van der Waals surface area contributed by atoms with Crippen molar-refractivity contribution in [3.05, 3.63) is 28.4 Å². The van der Waals surface area contributed by atoms with Crippen LogP contribution in [0.2, 0.25) is 0 Å². The largest absolute Gasteiger partial charge is 0.368 e. The maximum Gasteiger partial charge on any atom is 0.368 e. The first-order chi connectivity index (χ1) is 9.08. The number of nitrogens with one attached hydrogen (secondary N) is 1. The van der Waals surface area contributed by atoms with Crippen LogP contribution in [0.5, 0.6) is 0 Å². The maximum atomic E-state index is 10.8. The van der Waals surface area contributed by atoms with Crippen LogP contribution in [0.1, 0.15) is 26.7 Å². The Morgan fingerprint density at radius 1 is 1.47 bits per heavy atom. The molecule has 2 aromatic rings. The number of nitro groups is 1. The van der Waals surface area contributed by atoms with Gasteiger partial charge in [-0.25, -0.2) is 4.98 Å². The Kier molecular flexibility index (Phi) is 3.94. The van der Waals surface area contributed by atoms with Gasteiger partial charge < -0.3 is 15.4 Å². The first-order valence-electron chi connectivity index (χ1n) is 6.31. The molecule has 7 heteroatoms. The number of aromatic nitrogens is 3. The zero-order valence-corrected chi connectivity index (χ0v) is 11.0. The SMILES string of the molecule is CC(C)CCCNc1ccc2ncc([N+](=O)[O-])n2n1. The van der Waals surface area contributed by atoms with Crippen molar-refractivity contribution >= 4 is 17.3 Å². The maximum absolute atomic E-state index is 10.8. The topological polar surface area (TPSA) is 85.4 Å². The van der Waals surface area contributed by atoms with Gasteiger partial charge >= 0.3 is 5.82 Å². The van der Waals surface area contributed by atoms with Crippen molar-refractivity contribution in [2.45, 2.75) is 26.7 Å². The summed E-state index contributed by atoms with van der Waals surface area (Å²) in [4.78, 5) is 14.2. The highest BCUT2D eigenvalue weighted by Crippen LogP contribution is 2.14. The summed E-state index contributed by atoms with van der Waals surface area (Å²) >= 11 is 0. The van der Waals surface area contributed by atoms with Gasteiger partial charge in [-0.05, 0) is 29.7 Å². The number of hydrogen-bond acceptors (Lipinski definition) is 5. The van der Waals surface area contributed by atoms with Crippen molar-refractivity contribution < 1.29 is 4.92 Å². The quantitative estimate of drug-likeness (QED) is 0.491. The summed E-state index contributed by atoms with van der Waals surface area (Å²) in [7, 11) is 0. The molecular weight excluding hydrogens is 246 g/mol. The summed E-state index contributed by atoms with van der Waals surface area (Å²) in [6.45, 7) is 5.16. The van der Waals surface area contributed by atoms with Gasteiger partial charge in [0.15, 0.2) is 5.82 Å². The molecule has 0 aliphatic heterocycles. The third kappa shape index (κ3) is 3.18. The van der Waals surface area contributed by atoms with E-state index in [2.05, 4.69) is 29.2 Å². The van der Waals surface area contributed by atoms with Crippen LogP contribution < -0.4 is 5.32 Å². The molecule has 0 aliphatic carbocycles. The molecule has 0 aliphatic rings. The lowest BCUT2D eigenvalue weighted by molar-refractivity contribution is -0.391. The van der Waals surface area contributed by atoms with E-state index in [1.165, 1.54) is 10.7 Å². The molecule has 1 N–H and O–H groups in total. The molecule has 0 amide bonds. The summed E-state index contributed by atoms with van der Waals surface area (Å²) in [5.74, 6) is 1.17. The third-order valence-electron chi connectivity index (χ3n) is 2.80. The molecule has 0 spiro atoms. The lowest BCUT2D eigenvalue weighted by atomic mass is 10.1. The highest BCUT2D eigenvalue weighted by atomic mass is 16.6. The number of nitrogens with zero attached hydrogens (tertiary/aromatic N) is 4. The molecule has 0 aromatic carbocycles. The molecule has 0 fully saturated rings. The van der Waals surface area contributed by atoms with Crippen molar-refractivity contribution in [2.24, 2.45) is 5.92 Å². The van der Waals surface area contributed by atoms with Crippen LogP contribution in [0, 0.1) is 16.0 Å². The molecule has 2 aromatic heterocycles. The van der Waals surface area contributed by atoms with E-state index in [1.807, 2.05) is 0 Å². The Hall–Kier alpha value is -2.18. The van der Waals surface area contributed by atoms with E-state index in [1.54, 1.807) is 12.1 Å². The molecule has 0 atom stereocenters. The van der Waals surface area contributed by atoms with E-state index in [0.29, 0.717) is 17.4 Å². The number of fused-ring (bicyclic) bond motifs is 1. The fraction of sp³-hybridized carbons (Fsp3) is 0.500. The Bertz CT molecular complexity index is 579. The van der Waals surface area contributed by atoms with Crippen molar-refractivity contribution in [3.63, 3.8) is 0 Å². The van der Waals surface area contributed by atoms with Crippen LogP contribution in [0.4, 0.5) is 11.6 Å². The smallest absolute Gasteiger partial charge is 0.367 e. The van der Waals surface area contributed by atoms with Gasteiger partial charge in [-0.2, -0.15) is 0 Å². The van der Waals surface area contributed by atoms with Gasteiger partial charge in [-0.3, -0.25) is 0 Å². The minimum atomic E-state index is -0.491. The first-order valence-corrected chi connectivity index (χ1v) is 6.31. The van der Waals surface area contributed by atoms with Crippen LogP contribution in [0.3, 0.4) is 0 Å². The lowest BCUT2D eigenvalue weighted by Crippen LogP contribution is -2.07. The molecule has 19 heavy (non-hydrogen) atoms. The van der Waals surface area contributed by atoms with Crippen molar-refractivity contribution in [2.75, 3.05) is 11.9 Å². The van der Waals surface area contributed by atoms with Crippen LogP contribution in [-0.2, 0) is 0 Å². The summed E-state index contributed by atoms with van der Waals surface area (Å²) < 4.78 is 1.24. The molecule has 0 unspecified atom stereocenters. The number of rotatable bonds is 6. The molecule has 102 valence electrons. The minimum absolute atomic E-state index is 0.124. The van der Waals surface area contributed by atoms with E-state index >= 15 is 0 Å². The second kappa shape index (κ2) is 5.64. The van der Waals surface area contributed by atoms with E-state index < -0.39 is 4.92 Å². The first kappa shape index (κ1) is 13.3. The van der Waals surface area contributed by atoms with Crippen LogP contribution in [0.25, 0.3) is 5.65 Å². The second-order valence-corrected chi connectivity index (χ2v) is 4.82. The zero-order chi connectivity index (χ0) is 13.8. The standard InChI is InChI=1S/C12H17N5O2/c1-9(2)4-3-7-13-10-5-6-11-14-8-12(17(18)19)16(11)15-10/h5-6,8-9H,3-4,7H2,1-2H3,(H,13,15). The van der Waals surface area contributed by atoms with Gasteiger partial charge in [0.05, 0.1) is 0 Å². The summed E-state index contributed by atoms with van der Waals surface area (Å²) in [5, 5.41) is 18.1. The molecule has 2 rings (SSSR count). The summed E-state index contributed by atoms with van der Waals surface area (Å²) in [6, 6.07) is 3.49. The Morgan fingerprint density at radius 3 is 2.95 bits per heavy atom. The Morgan fingerprint density at radius 2 is 2.26 bits per heavy atom. The average molecular weight is 263 g/mol. The van der Waals surface area contributed by atoms with Crippen molar-refractivity contribution in [1.82, 2.24) is 14.6 Å². The zero-order valence-electron chi connectivity index (χ0n) is 11.0. The average Bonchev–Trinajstić information content (AvgIpc) is 2.77. The van der Waals surface area contributed by atoms with Gasteiger partial charge in [0.25, 0.3) is 0 Å².